The predicted molar refractivity (Wildman–Crippen MR) is 48.4 cm³/mol. The van der Waals surface area contributed by atoms with Crippen molar-refractivity contribution in [2.75, 3.05) is 0 Å². The standard InChI is InChI=1S/C9H8BrN/c10-7-9-3-1-2-8(6-9)4-5-11/h1-3,6H,4,7H2. The Morgan fingerprint density at radius 1 is 1.36 bits per heavy atom. The van der Waals surface area contributed by atoms with Gasteiger partial charge in [0.1, 0.15) is 0 Å². The Morgan fingerprint density at radius 2 is 2.09 bits per heavy atom. The lowest BCUT2D eigenvalue weighted by atomic mass is 10.1. The zero-order chi connectivity index (χ0) is 8.10. The van der Waals surface area contributed by atoms with E-state index in [1.165, 1.54) is 5.56 Å². The molecule has 0 bridgehead atoms. The normalized spacial score (nSPS) is 9.09. The van der Waals surface area contributed by atoms with E-state index in [1.54, 1.807) is 0 Å². The Bertz CT molecular complexity index is 275. The summed E-state index contributed by atoms with van der Waals surface area (Å²) in [7, 11) is 0. The molecule has 0 unspecified atom stereocenters. The van der Waals surface area contributed by atoms with E-state index in [2.05, 4.69) is 22.0 Å². The summed E-state index contributed by atoms with van der Waals surface area (Å²) in [6.07, 6.45) is 0.501. The molecule has 0 atom stereocenters. The molecule has 11 heavy (non-hydrogen) atoms. The van der Waals surface area contributed by atoms with Crippen molar-refractivity contribution >= 4 is 15.9 Å². The van der Waals surface area contributed by atoms with Gasteiger partial charge in [0, 0.05) is 5.33 Å². The van der Waals surface area contributed by atoms with Gasteiger partial charge in [-0.05, 0) is 11.1 Å². The molecule has 1 aromatic carbocycles. The fraction of sp³-hybridized carbons (Fsp3) is 0.222. The number of benzene rings is 1. The molecular formula is C9H8BrN. The van der Waals surface area contributed by atoms with Gasteiger partial charge in [0.05, 0.1) is 12.5 Å². The highest BCUT2D eigenvalue weighted by Crippen LogP contribution is 2.08. The van der Waals surface area contributed by atoms with Crippen molar-refractivity contribution in [3.8, 4) is 6.07 Å². The van der Waals surface area contributed by atoms with Gasteiger partial charge >= 0.3 is 0 Å². The topological polar surface area (TPSA) is 23.8 Å². The zero-order valence-electron chi connectivity index (χ0n) is 6.05. The number of hydrogen-bond acceptors (Lipinski definition) is 1. The molecule has 0 heterocycles. The average Bonchev–Trinajstić information content (AvgIpc) is 2.06. The molecular weight excluding hydrogens is 202 g/mol. The minimum Gasteiger partial charge on any atom is -0.198 e. The van der Waals surface area contributed by atoms with Crippen LogP contribution in [0.3, 0.4) is 0 Å². The van der Waals surface area contributed by atoms with Gasteiger partial charge in [-0.15, -0.1) is 0 Å². The summed E-state index contributed by atoms with van der Waals surface area (Å²) in [6.45, 7) is 0. The van der Waals surface area contributed by atoms with Crippen molar-refractivity contribution in [3.05, 3.63) is 35.4 Å². The third-order valence-corrected chi connectivity index (χ3v) is 2.08. The quantitative estimate of drug-likeness (QED) is 0.688. The highest BCUT2D eigenvalue weighted by atomic mass is 79.9. The van der Waals surface area contributed by atoms with E-state index in [0.717, 1.165) is 10.9 Å². The van der Waals surface area contributed by atoms with Crippen molar-refractivity contribution < 1.29 is 0 Å². The molecule has 0 aliphatic rings. The van der Waals surface area contributed by atoms with E-state index in [-0.39, 0.29) is 0 Å². The number of nitriles is 1. The SMILES string of the molecule is N#CCc1cccc(CBr)c1. The summed E-state index contributed by atoms with van der Waals surface area (Å²) < 4.78 is 0. The van der Waals surface area contributed by atoms with Crippen LogP contribution >= 0.6 is 15.9 Å². The molecule has 1 nitrogen and oxygen atoms in total. The third kappa shape index (κ3) is 2.36. The van der Waals surface area contributed by atoms with Crippen LogP contribution < -0.4 is 0 Å². The minimum absolute atomic E-state index is 0.501. The number of hydrogen-bond donors (Lipinski definition) is 0. The maximum Gasteiger partial charge on any atom is 0.0669 e. The van der Waals surface area contributed by atoms with Crippen LogP contribution in [-0.4, -0.2) is 0 Å². The van der Waals surface area contributed by atoms with E-state index in [9.17, 15) is 0 Å². The van der Waals surface area contributed by atoms with Crippen molar-refractivity contribution in [2.24, 2.45) is 0 Å². The van der Waals surface area contributed by atoms with Gasteiger partial charge in [-0.1, -0.05) is 40.2 Å². The first-order valence-electron chi connectivity index (χ1n) is 3.37. The van der Waals surface area contributed by atoms with Gasteiger partial charge in [-0.2, -0.15) is 5.26 Å². The van der Waals surface area contributed by atoms with Crippen LogP contribution in [0.5, 0.6) is 0 Å². The van der Waals surface area contributed by atoms with Crippen LogP contribution in [0.2, 0.25) is 0 Å². The van der Waals surface area contributed by atoms with E-state index < -0.39 is 0 Å². The Hall–Kier alpha value is -0.810. The first-order chi connectivity index (χ1) is 5.36. The Labute approximate surface area is 74.8 Å². The Kier molecular flexibility index (Phi) is 3.13. The van der Waals surface area contributed by atoms with Crippen LogP contribution in [0.1, 0.15) is 11.1 Å². The van der Waals surface area contributed by atoms with Gasteiger partial charge in [0.25, 0.3) is 0 Å². The molecule has 0 radical (unpaired) electrons. The minimum atomic E-state index is 0.501. The molecule has 0 amide bonds. The predicted octanol–water partition coefficient (Wildman–Crippen LogP) is 2.65. The fourth-order valence-electron chi connectivity index (χ4n) is 0.914. The van der Waals surface area contributed by atoms with Gasteiger partial charge < -0.3 is 0 Å². The lowest BCUT2D eigenvalue weighted by molar-refractivity contribution is 1.24. The van der Waals surface area contributed by atoms with Crippen LogP contribution in [0, 0.1) is 11.3 Å². The summed E-state index contributed by atoms with van der Waals surface area (Å²) in [4.78, 5) is 0. The second-order valence-corrected chi connectivity index (χ2v) is 2.85. The van der Waals surface area contributed by atoms with Gasteiger partial charge in [0.2, 0.25) is 0 Å². The van der Waals surface area contributed by atoms with E-state index >= 15 is 0 Å². The molecule has 0 aliphatic heterocycles. The van der Waals surface area contributed by atoms with Gasteiger partial charge in [-0.3, -0.25) is 0 Å². The molecule has 0 spiro atoms. The summed E-state index contributed by atoms with van der Waals surface area (Å²) >= 11 is 3.36. The molecule has 0 aromatic heterocycles. The second-order valence-electron chi connectivity index (χ2n) is 2.29. The summed E-state index contributed by atoms with van der Waals surface area (Å²) in [5.74, 6) is 0. The molecule has 56 valence electrons. The van der Waals surface area contributed by atoms with Crippen molar-refractivity contribution in [1.82, 2.24) is 0 Å². The number of nitrogens with zero attached hydrogens (tertiary/aromatic N) is 1. The summed E-state index contributed by atoms with van der Waals surface area (Å²) in [6, 6.07) is 10.1. The highest BCUT2D eigenvalue weighted by Gasteiger charge is 1.92. The zero-order valence-corrected chi connectivity index (χ0v) is 7.63. The first kappa shape index (κ1) is 8.29. The lowest BCUT2D eigenvalue weighted by Crippen LogP contribution is -1.83. The monoisotopic (exact) mass is 209 g/mol. The van der Waals surface area contributed by atoms with Gasteiger partial charge in [-0.25, -0.2) is 0 Å². The second kappa shape index (κ2) is 4.15. The molecule has 1 rings (SSSR count). The van der Waals surface area contributed by atoms with E-state index in [0.29, 0.717) is 6.42 Å². The maximum absolute atomic E-state index is 8.42. The van der Waals surface area contributed by atoms with E-state index in [1.807, 2.05) is 24.3 Å². The Balaban J connectivity index is 2.84. The van der Waals surface area contributed by atoms with Gasteiger partial charge in [0.15, 0.2) is 0 Å². The van der Waals surface area contributed by atoms with Crippen LogP contribution in [-0.2, 0) is 11.8 Å². The summed E-state index contributed by atoms with van der Waals surface area (Å²) in [5.41, 5.74) is 2.31. The fourth-order valence-corrected chi connectivity index (χ4v) is 1.26. The van der Waals surface area contributed by atoms with Crippen molar-refractivity contribution in [1.29, 1.82) is 5.26 Å². The molecule has 0 fully saturated rings. The van der Waals surface area contributed by atoms with Crippen molar-refractivity contribution in [2.45, 2.75) is 11.8 Å². The van der Waals surface area contributed by atoms with Crippen LogP contribution in [0.15, 0.2) is 24.3 Å². The lowest BCUT2D eigenvalue weighted by Gasteiger charge is -1.96. The molecule has 0 saturated carbocycles. The number of rotatable bonds is 2. The van der Waals surface area contributed by atoms with Crippen molar-refractivity contribution in [3.63, 3.8) is 0 Å². The average molecular weight is 210 g/mol. The maximum atomic E-state index is 8.42. The summed E-state index contributed by atoms with van der Waals surface area (Å²) in [5, 5.41) is 9.28. The molecule has 0 aliphatic carbocycles. The molecule has 2 heteroatoms. The molecule has 0 saturated heterocycles. The first-order valence-corrected chi connectivity index (χ1v) is 4.49. The Morgan fingerprint density at radius 3 is 2.73 bits per heavy atom. The van der Waals surface area contributed by atoms with Crippen LogP contribution in [0.4, 0.5) is 0 Å². The molecule has 1 aromatic rings. The largest absolute Gasteiger partial charge is 0.198 e. The number of halogens is 1. The van der Waals surface area contributed by atoms with E-state index in [4.69, 9.17) is 5.26 Å². The number of alkyl halides is 1. The third-order valence-electron chi connectivity index (χ3n) is 1.43. The smallest absolute Gasteiger partial charge is 0.0669 e. The van der Waals surface area contributed by atoms with Crippen LogP contribution in [0.25, 0.3) is 0 Å². The highest BCUT2D eigenvalue weighted by molar-refractivity contribution is 9.08. The molecule has 0 N–H and O–H groups in total.